The Morgan fingerprint density at radius 3 is 2.52 bits per heavy atom. The van der Waals surface area contributed by atoms with Crippen molar-refractivity contribution in [2.45, 2.75) is 97.6 Å². The molecule has 2 heterocycles. The summed E-state index contributed by atoms with van der Waals surface area (Å²) < 4.78 is 29.7. The van der Waals surface area contributed by atoms with Crippen LogP contribution in [0.15, 0.2) is 23.0 Å². The number of nitrogens with zero attached hydrogens (tertiary/aromatic N) is 2. The monoisotopic (exact) mass is 662 g/mol. The normalized spacial score (nSPS) is 21.4. The zero-order chi connectivity index (χ0) is 32.3. The molecule has 1 amide bonds. The fourth-order valence-electron chi connectivity index (χ4n) is 5.38. The van der Waals surface area contributed by atoms with Crippen LogP contribution in [0.5, 0.6) is 5.75 Å². The van der Waals surface area contributed by atoms with Crippen LogP contribution in [0.1, 0.15) is 79.8 Å². The molecule has 2 aromatic rings. The minimum absolute atomic E-state index is 0. The van der Waals surface area contributed by atoms with Crippen molar-refractivity contribution < 1.29 is 53.6 Å². The molecule has 2 aliphatic rings. The standard InChI is InChI=1S/C19H24F2N2O2.C12H21N2O2.H2O2.V.H2/c1-25-14-7-8-15-17(11-14)23-19(24)16(22-15)6-4-2-3-5-12-9-13(12)10-18(20)21;1-8-5-6-14(9(8)7-15)11(16)10(13)12(2,3)4;1-2;;/h7-8,11-13,18H,2-6,9-10H2,1H3,(H,23,24);8-10H,5-6,13H2,1-4H3;1-2H;;1H/q;-1;;;/t12-,13-;8-,9-,10-;;;/m11.../s1. The summed E-state index contributed by atoms with van der Waals surface area (Å²) in [5, 5.41) is 12.0. The van der Waals surface area contributed by atoms with Crippen LogP contribution in [-0.4, -0.2) is 69.7 Å². The molecule has 0 spiro atoms. The zero-order valence-corrected chi connectivity index (χ0v) is 27.7. The fraction of sp³-hybridized carbons (Fsp3) is 0.677. The maximum atomic E-state index is 12.3. The molecule has 2 fully saturated rings. The van der Waals surface area contributed by atoms with Crippen LogP contribution in [0.3, 0.4) is 0 Å². The maximum absolute atomic E-state index is 12.3. The summed E-state index contributed by atoms with van der Waals surface area (Å²) >= 11 is 0. The summed E-state index contributed by atoms with van der Waals surface area (Å²) in [6.07, 6.45) is 6.25. The number of nitrogens with one attached hydrogen (secondary N) is 1. The topological polar surface area (TPSA) is 159 Å². The molecule has 1 aromatic heterocycles. The molecular formula is C31H49F2N4O6V-. The molecule has 1 aliphatic carbocycles. The van der Waals surface area contributed by atoms with E-state index in [9.17, 15) is 23.2 Å². The number of alkyl halides is 2. The van der Waals surface area contributed by atoms with Crippen molar-refractivity contribution in [2.24, 2.45) is 28.9 Å². The van der Waals surface area contributed by atoms with Gasteiger partial charge in [0.2, 0.25) is 12.3 Å². The van der Waals surface area contributed by atoms with Crippen molar-refractivity contribution >= 4 is 23.2 Å². The van der Waals surface area contributed by atoms with Crippen LogP contribution >= 0.6 is 0 Å². The van der Waals surface area contributed by atoms with Crippen LogP contribution in [-0.2, 0) is 34.6 Å². The number of ether oxygens (including phenoxy) is 1. The second-order valence-electron chi connectivity index (χ2n) is 12.6. The number of halogens is 2. The zero-order valence-electron chi connectivity index (χ0n) is 26.3. The number of aryl methyl sites for hydroxylation is 1. The van der Waals surface area contributed by atoms with Gasteiger partial charge >= 0.3 is 0 Å². The SMILES string of the molecule is COc1ccc2nc(CCCCC[C@@H]3C[C@@H]3CC(F)F)c(=O)[nH]c2c1.C[C@@H]1CCN(C(=O)[C@@H](N)C(C)(C)C)[C@@H]1[C-]=O.OO.[HH].[V]. The van der Waals surface area contributed by atoms with E-state index in [0.29, 0.717) is 35.8 Å². The molecule has 44 heavy (non-hydrogen) atoms. The molecule has 5 N–H and O–H groups in total. The Labute approximate surface area is 271 Å². The van der Waals surface area contributed by atoms with Gasteiger partial charge in [0.25, 0.3) is 5.56 Å². The predicted molar refractivity (Wildman–Crippen MR) is 163 cm³/mol. The van der Waals surface area contributed by atoms with Crippen molar-refractivity contribution in [3.05, 3.63) is 34.2 Å². The minimum Gasteiger partial charge on any atom is -0.540 e. The molecule has 5 atom stereocenters. The number of aromatic amines is 1. The molecule has 1 aromatic carbocycles. The van der Waals surface area contributed by atoms with E-state index in [4.69, 9.17) is 21.0 Å². The van der Waals surface area contributed by atoms with E-state index >= 15 is 0 Å². The van der Waals surface area contributed by atoms with E-state index in [1.807, 2.05) is 46.1 Å². The Hall–Kier alpha value is -2.38. The van der Waals surface area contributed by atoms with Crippen LogP contribution < -0.4 is 16.0 Å². The first kappa shape index (κ1) is 39.6. The third-order valence-electron chi connectivity index (χ3n) is 8.31. The van der Waals surface area contributed by atoms with Gasteiger partial charge in [0.15, 0.2) is 0 Å². The van der Waals surface area contributed by atoms with Crippen LogP contribution in [0.25, 0.3) is 11.0 Å². The molecule has 1 radical (unpaired) electrons. The van der Waals surface area contributed by atoms with Crippen LogP contribution in [0.4, 0.5) is 8.78 Å². The second-order valence-corrected chi connectivity index (χ2v) is 12.6. The van der Waals surface area contributed by atoms with Gasteiger partial charge in [-0.05, 0) is 61.0 Å². The molecule has 0 unspecified atom stereocenters. The maximum Gasteiger partial charge on any atom is 0.270 e. The first-order chi connectivity index (χ1) is 20.3. The Balaban J connectivity index is 0.000000847. The number of carbonyl (C=O) groups is 1. The second kappa shape index (κ2) is 18.6. The number of fused-ring (bicyclic) bond motifs is 1. The van der Waals surface area contributed by atoms with Crippen molar-refractivity contribution in [3.8, 4) is 5.75 Å². The molecule has 4 rings (SSSR count). The van der Waals surface area contributed by atoms with Crippen LogP contribution in [0.2, 0.25) is 0 Å². The summed E-state index contributed by atoms with van der Waals surface area (Å²) in [5.74, 6) is 1.47. The average Bonchev–Trinajstić information content (AvgIpc) is 3.59. The van der Waals surface area contributed by atoms with E-state index in [2.05, 4.69) is 9.97 Å². The largest absolute Gasteiger partial charge is 0.540 e. The number of rotatable bonds is 11. The van der Waals surface area contributed by atoms with Gasteiger partial charge in [-0.25, -0.2) is 20.1 Å². The third-order valence-corrected chi connectivity index (χ3v) is 8.31. The number of methoxy groups -OCH3 is 1. The van der Waals surface area contributed by atoms with Crippen molar-refractivity contribution in [1.29, 1.82) is 0 Å². The summed E-state index contributed by atoms with van der Waals surface area (Å²) in [7, 11) is 1.58. The number of likely N-dealkylation sites (tertiary alicyclic amines) is 1. The van der Waals surface area contributed by atoms with E-state index < -0.39 is 18.5 Å². The molecule has 13 heteroatoms. The number of unbranched alkanes of at least 4 members (excludes halogenated alkanes) is 2. The number of hydrogen-bond acceptors (Lipinski definition) is 8. The van der Waals surface area contributed by atoms with E-state index in [1.165, 1.54) is 0 Å². The summed E-state index contributed by atoms with van der Waals surface area (Å²) in [6, 6.07) is 4.45. The van der Waals surface area contributed by atoms with E-state index in [-0.39, 0.29) is 55.1 Å². The van der Waals surface area contributed by atoms with Crippen molar-refractivity contribution in [3.63, 3.8) is 0 Å². The number of amides is 1. The van der Waals surface area contributed by atoms with Gasteiger partial charge < -0.3 is 25.1 Å². The molecule has 0 bridgehead atoms. The first-order valence-electron chi connectivity index (χ1n) is 14.8. The van der Waals surface area contributed by atoms with Gasteiger partial charge in [-0.2, -0.15) is 0 Å². The molecule has 10 nitrogen and oxygen atoms in total. The Bertz CT molecular complexity index is 1250. The molecule has 1 saturated carbocycles. The number of carbonyl (C=O) groups excluding carboxylic acids is 2. The summed E-state index contributed by atoms with van der Waals surface area (Å²) in [6.45, 7) is 8.35. The molecule has 1 aliphatic heterocycles. The number of hydrogen-bond donors (Lipinski definition) is 4. The Morgan fingerprint density at radius 2 is 1.93 bits per heavy atom. The third kappa shape index (κ3) is 11.5. The van der Waals surface area contributed by atoms with Gasteiger partial charge in [0.05, 0.1) is 24.2 Å². The Kier molecular flexibility index (Phi) is 16.7. The summed E-state index contributed by atoms with van der Waals surface area (Å²) in [4.78, 5) is 44.0. The Morgan fingerprint density at radius 1 is 1.25 bits per heavy atom. The molecule has 1 saturated heterocycles. The number of nitrogens with two attached hydrogens (primary N) is 1. The minimum atomic E-state index is -2.17. The van der Waals surface area contributed by atoms with Gasteiger partial charge in [-0.1, -0.05) is 53.0 Å². The summed E-state index contributed by atoms with van der Waals surface area (Å²) in [5.41, 5.74) is 7.46. The van der Waals surface area contributed by atoms with Crippen molar-refractivity contribution in [2.75, 3.05) is 13.7 Å². The fourth-order valence-corrected chi connectivity index (χ4v) is 5.38. The predicted octanol–water partition coefficient (Wildman–Crippen LogP) is 5.29. The quantitative estimate of drug-likeness (QED) is 0.109. The number of H-pyrrole nitrogens is 1. The van der Waals surface area contributed by atoms with Gasteiger partial charge in [-0.15, -0.1) is 0 Å². The van der Waals surface area contributed by atoms with E-state index in [1.54, 1.807) is 18.1 Å². The first-order valence-corrected chi connectivity index (χ1v) is 14.8. The molecular weight excluding hydrogens is 613 g/mol. The average molecular weight is 663 g/mol. The van der Waals surface area contributed by atoms with Gasteiger partial charge in [0, 0.05) is 39.0 Å². The van der Waals surface area contributed by atoms with Crippen molar-refractivity contribution in [1.82, 2.24) is 14.9 Å². The van der Waals surface area contributed by atoms with Gasteiger partial charge in [-0.3, -0.25) is 20.1 Å². The number of benzene rings is 1. The number of aromatic nitrogens is 2. The van der Waals surface area contributed by atoms with Gasteiger partial charge in [0.1, 0.15) is 11.4 Å². The van der Waals surface area contributed by atoms with Crippen LogP contribution in [0, 0.1) is 23.2 Å². The van der Waals surface area contributed by atoms with E-state index in [0.717, 1.165) is 44.0 Å². The smallest absolute Gasteiger partial charge is 0.270 e. The molecule has 249 valence electrons.